The molecule has 6 heteroatoms. The summed E-state index contributed by atoms with van der Waals surface area (Å²) in [6.07, 6.45) is 71.4. The lowest BCUT2D eigenvalue weighted by atomic mass is 10.1. The summed E-state index contributed by atoms with van der Waals surface area (Å²) >= 11 is 0. The second kappa shape index (κ2) is 51.2. The maximum absolute atomic E-state index is 12.8. The molecule has 0 saturated heterocycles. The Morgan fingerprint density at radius 1 is 0.344 bits per heavy atom. The molecule has 0 aromatic carbocycles. The first kappa shape index (κ1) is 59.5. The van der Waals surface area contributed by atoms with Crippen LogP contribution >= 0.6 is 0 Å². The topological polar surface area (TPSA) is 78.9 Å². The zero-order chi connectivity index (χ0) is 46.5. The van der Waals surface area contributed by atoms with E-state index in [1.54, 1.807) is 0 Å². The SMILES string of the molecule is CC\C=C/C=C\C=C/C=C\C=C\C=C/C=C\CCCCCC(=O)OCC(COC(=O)CCCCC/C=C\CCCCCCCC)OC(=O)CCCCCC/C=C\C/C=C\C/C=C\CC. The lowest BCUT2D eigenvalue weighted by Gasteiger charge is -2.18. The molecular weight excluding hydrogens is 793 g/mol. The molecular formula is C58H90O6. The van der Waals surface area contributed by atoms with E-state index in [0.29, 0.717) is 12.8 Å². The van der Waals surface area contributed by atoms with E-state index in [2.05, 4.69) is 81.5 Å². The molecule has 6 nitrogen and oxygen atoms in total. The van der Waals surface area contributed by atoms with Crippen molar-refractivity contribution < 1.29 is 28.6 Å². The summed E-state index contributed by atoms with van der Waals surface area (Å²) in [6.45, 7) is 6.27. The Bertz CT molecular complexity index is 1430. The van der Waals surface area contributed by atoms with Crippen molar-refractivity contribution in [1.82, 2.24) is 0 Å². The van der Waals surface area contributed by atoms with Crippen molar-refractivity contribution in [2.75, 3.05) is 13.2 Å². The van der Waals surface area contributed by atoms with Crippen molar-refractivity contribution >= 4 is 17.9 Å². The van der Waals surface area contributed by atoms with Gasteiger partial charge in [-0.15, -0.1) is 0 Å². The summed E-state index contributed by atoms with van der Waals surface area (Å²) in [4.78, 5) is 37.9. The molecule has 0 bridgehead atoms. The molecule has 1 atom stereocenters. The highest BCUT2D eigenvalue weighted by Crippen LogP contribution is 2.12. The maximum atomic E-state index is 12.8. The first-order valence-corrected chi connectivity index (χ1v) is 25.3. The highest BCUT2D eigenvalue weighted by atomic mass is 16.6. The summed E-state index contributed by atoms with van der Waals surface area (Å²) in [5.74, 6) is -1.01. The third-order valence-electron chi connectivity index (χ3n) is 10.1. The Labute approximate surface area is 392 Å². The Balaban J connectivity index is 4.57. The van der Waals surface area contributed by atoms with E-state index >= 15 is 0 Å². The number of unbranched alkanes of at least 4 members (excludes halogenated alkanes) is 16. The fraction of sp³-hybridized carbons (Fsp3) is 0.569. The van der Waals surface area contributed by atoms with Crippen LogP contribution in [0.2, 0.25) is 0 Å². The van der Waals surface area contributed by atoms with Crippen LogP contribution in [0.5, 0.6) is 0 Å². The quantitative estimate of drug-likeness (QED) is 0.0200. The van der Waals surface area contributed by atoms with Crippen LogP contribution in [0.4, 0.5) is 0 Å². The zero-order valence-electron chi connectivity index (χ0n) is 40.7. The van der Waals surface area contributed by atoms with E-state index in [-0.39, 0.29) is 37.5 Å². The molecule has 0 fully saturated rings. The van der Waals surface area contributed by atoms with Crippen molar-refractivity contribution in [1.29, 1.82) is 0 Å². The normalized spacial score (nSPS) is 13.2. The molecule has 64 heavy (non-hydrogen) atoms. The minimum Gasteiger partial charge on any atom is -0.462 e. The molecule has 0 saturated carbocycles. The molecule has 0 aliphatic carbocycles. The summed E-state index contributed by atoms with van der Waals surface area (Å²) in [7, 11) is 0. The van der Waals surface area contributed by atoms with Crippen LogP contribution in [-0.4, -0.2) is 37.2 Å². The van der Waals surface area contributed by atoms with E-state index in [0.717, 1.165) is 116 Å². The van der Waals surface area contributed by atoms with Gasteiger partial charge in [0, 0.05) is 19.3 Å². The molecule has 0 aliphatic rings. The van der Waals surface area contributed by atoms with Gasteiger partial charge in [-0.3, -0.25) is 14.4 Å². The van der Waals surface area contributed by atoms with Crippen molar-refractivity contribution in [2.24, 2.45) is 0 Å². The fourth-order valence-electron chi connectivity index (χ4n) is 6.31. The first-order valence-electron chi connectivity index (χ1n) is 25.3. The number of carbonyl (C=O) groups is 3. The second-order valence-electron chi connectivity index (χ2n) is 16.1. The van der Waals surface area contributed by atoms with Gasteiger partial charge in [0.25, 0.3) is 0 Å². The van der Waals surface area contributed by atoms with Crippen LogP contribution in [0.1, 0.15) is 194 Å². The number of esters is 3. The predicted molar refractivity (Wildman–Crippen MR) is 274 cm³/mol. The monoisotopic (exact) mass is 883 g/mol. The van der Waals surface area contributed by atoms with Gasteiger partial charge in [-0.25, -0.2) is 0 Å². The van der Waals surface area contributed by atoms with Crippen molar-refractivity contribution in [3.63, 3.8) is 0 Å². The number of hydrogen-bond acceptors (Lipinski definition) is 6. The second-order valence-corrected chi connectivity index (χ2v) is 16.1. The Morgan fingerprint density at radius 2 is 0.688 bits per heavy atom. The minimum absolute atomic E-state index is 0.115. The first-order chi connectivity index (χ1) is 31.5. The lowest BCUT2D eigenvalue weighted by molar-refractivity contribution is -0.167. The molecule has 0 amide bonds. The van der Waals surface area contributed by atoms with Gasteiger partial charge in [0.15, 0.2) is 6.10 Å². The molecule has 1 unspecified atom stereocenters. The van der Waals surface area contributed by atoms with Gasteiger partial charge in [0.05, 0.1) is 0 Å². The van der Waals surface area contributed by atoms with Crippen LogP contribution in [-0.2, 0) is 28.6 Å². The Hall–Kier alpha value is -4.45. The standard InChI is InChI=1S/C58H90O6/c1-4-7-10-13-16-19-22-25-27-28-29-30-31-34-36-39-42-45-48-51-57(60)63-54-55(53-62-56(59)50-47-44-41-38-35-32-24-21-18-15-12-9-6-3)64-58(61)52-49-46-43-40-37-33-26-23-20-17-14-11-8-5-2/h7-8,10-11,13,16-17,19-20,22,25-36,55H,4-6,9,12,14-15,18,21,23-24,37-54H2,1-3H3/b10-7-,11-8-,16-13-,20-17-,22-19-,27-25-,29-28+,31-30-,33-26-,35-32-,36-34-. The van der Waals surface area contributed by atoms with Gasteiger partial charge < -0.3 is 14.2 Å². The van der Waals surface area contributed by atoms with Gasteiger partial charge in [0.1, 0.15) is 13.2 Å². The van der Waals surface area contributed by atoms with Crippen LogP contribution in [0.15, 0.2) is 134 Å². The molecule has 0 rings (SSSR count). The number of carbonyl (C=O) groups excluding carboxylic acids is 3. The Kier molecular flexibility index (Phi) is 47.6. The predicted octanol–water partition coefficient (Wildman–Crippen LogP) is 16.7. The third kappa shape index (κ3) is 48.6. The van der Waals surface area contributed by atoms with E-state index in [4.69, 9.17) is 14.2 Å². The smallest absolute Gasteiger partial charge is 0.306 e. The number of ether oxygens (including phenoxy) is 3. The molecule has 358 valence electrons. The van der Waals surface area contributed by atoms with Gasteiger partial charge in [-0.05, 0) is 96.3 Å². The van der Waals surface area contributed by atoms with Gasteiger partial charge in [-0.2, -0.15) is 0 Å². The van der Waals surface area contributed by atoms with E-state index in [1.165, 1.54) is 38.5 Å². The van der Waals surface area contributed by atoms with Crippen molar-refractivity contribution in [3.05, 3.63) is 134 Å². The lowest BCUT2D eigenvalue weighted by Crippen LogP contribution is -2.30. The molecule has 0 heterocycles. The third-order valence-corrected chi connectivity index (χ3v) is 10.1. The summed E-state index contributed by atoms with van der Waals surface area (Å²) in [6, 6.07) is 0. The van der Waals surface area contributed by atoms with Gasteiger partial charge in [0.2, 0.25) is 0 Å². The van der Waals surface area contributed by atoms with Gasteiger partial charge in [-0.1, -0.05) is 212 Å². The molecule has 0 N–H and O–H groups in total. The van der Waals surface area contributed by atoms with Crippen LogP contribution in [0.3, 0.4) is 0 Å². The van der Waals surface area contributed by atoms with Crippen LogP contribution < -0.4 is 0 Å². The summed E-state index contributed by atoms with van der Waals surface area (Å²) in [5, 5.41) is 0. The van der Waals surface area contributed by atoms with E-state index < -0.39 is 6.10 Å². The molecule has 0 aromatic rings. The minimum atomic E-state index is -0.819. The van der Waals surface area contributed by atoms with Crippen molar-refractivity contribution in [3.8, 4) is 0 Å². The highest BCUT2D eigenvalue weighted by Gasteiger charge is 2.19. The number of hydrogen-bond donors (Lipinski definition) is 0. The summed E-state index contributed by atoms with van der Waals surface area (Å²) in [5.41, 5.74) is 0. The fourth-order valence-corrected chi connectivity index (χ4v) is 6.31. The molecule has 0 aliphatic heterocycles. The van der Waals surface area contributed by atoms with Crippen LogP contribution in [0, 0.1) is 0 Å². The van der Waals surface area contributed by atoms with Gasteiger partial charge >= 0.3 is 17.9 Å². The zero-order valence-corrected chi connectivity index (χ0v) is 40.7. The van der Waals surface area contributed by atoms with E-state index in [1.807, 2.05) is 72.9 Å². The largest absolute Gasteiger partial charge is 0.462 e. The average Bonchev–Trinajstić information content (AvgIpc) is 3.29. The number of allylic oxidation sites excluding steroid dienone is 22. The maximum Gasteiger partial charge on any atom is 0.306 e. The molecule has 0 radical (unpaired) electrons. The van der Waals surface area contributed by atoms with E-state index in [9.17, 15) is 14.4 Å². The van der Waals surface area contributed by atoms with Crippen molar-refractivity contribution in [2.45, 2.75) is 200 Å². The number of rotatable bonds is 43. The Morgan fingerprint density at radius 3 is 1.17 bits per heavy atom. The summed E-state index contributed by atoms with van der Waals surface area (Å²) < 4.78 is 16.7. The molecule has 0 spiro atoms. The average molecular weight is 883 g/mol. The van der Waals surface area contributed by atoms with Crippen LogP contribution in [0.25, 0.3) is 0 Å². The molecule has 0 aromatic heterocycles. The highest BCUT2D eigenvalue weighted by molar-refractivity contribution is 5.71.